The average molecular weight is 389 g/mol. The second-order valence-electron chi connectivity index (χ2n) is 8.34. The van der Waals surface area contributed by atoms with Crippen molar-refractivity contribution in [2.24, 2.45) is 5.92 Å². The lowest BCUT2D eigenvalue weighted by molar-refractivity contribution is 0.148. The summed E-state index contributed by atoms with van der Waals surface area (Å²) in [6.07, 6.45) is 15.4. The number of hydrogen-bond donors (Lipinski definition) is 0. The molecule has 1 aliphatic carbocycles. The van der Waals surface area contributed by atoms with Gasteiger partial charge in [-0.1, -0.05) is 73.2 Å². The molecule has 154 valence electrons. The summed E-state index contributed by atoms with van der Waals surface area (Å²) in [7, 11) is 0. The molecule has 0 amide bonds. The van der Waals surface area contributed by atoms with Gasteiger partial charge in [-0.25, -0.2) is 0 Å². The van der Waals surface area contributed by atoms with E-state index in [9.17, 15) is 0 Å². The van der Waals surface area contributed by atoms with E-state index in [1.54, 1.807) is 0 Å². The van der Waals surface area contributed by atoms with E-state index in [2.05, 4.69) is 61.2 Å². The van der Waals surface area contributed by atoms with Gasteiger partial charge in [-0.15, -0.1) is 6.58 Å². The van der Waals surface area contributed by atoms with E-state index < -0.39 is 0 Å². The van der Waals surface area contributed by atoms with Crippen molar-refractivity contribution in [2.45, 2.75) is 64.4 Å². The Morgan fingerprint density at radius 1 is 0.931 bits per heavy atom. The Labute approximate surface area is 177 Å². The number of ether oxygens (including phenoxy) is 1. The Bertz CT molecular complexity index is 746. The van der Waals surface area contributed by atoms with E-state index in [4.69, 9.17) is 4.74 Å². The summed E-state index contributed by atoms with van der Waals surface area (Å²) in [6.45, 7) is 7.20. The summed E-state index contributed by atoms with van der Waals surface area (Å²) in [4.78, 5) is 0. The Morgan fingerprint density at radius 2 is 1.59 bits per heavy atom. The van der Waals surface area contributed by atoms with Crippen molar-refractivity contribution in [2.75, 3.05) is 6.61 Å². The van der Waals surface area contributed by atoms with Crippen LogP contribution in [0.5, 0.6) is 0 Å². The van der Waals surface area contributed by atoms with Crippen LogP contribution in [0.25, 0.3) is 11.1 Å². The molecule has 0 aromatic heterocycles. The summed E-state index contributed by atoms with van der Waals surface area (Å²) in [5, 5.41) is 0. The van der Waals surface area contributed by atoms with Crippen molar-refractivity contribution in [1.29, 1.82) is 0 Å². The Morgan fingerprint density at radius 3 is 2.21 bits per heavy atom. The van der Waals surface area contributed by atoms with Crippen molar-refractivity contribution >= 4 is 0 Å². The third kappa shape index (κ3) is 6.72. The lowest BCUT2D eigenvalue weighted by Crippen LogP contribution is -2.13. The van der Waals surface area contributed by atoms with Crippen LogP contribution in [0.3, 0.4) is 0 Å². The van der Waals surface area contributed by atoms with Crippen LogP contribution in [-0.2, 0) is 11.3 Å². The van der Waals surface area contributed by atoms with Gasteiger partial charge < -0.3 is 4.74 Å². The third-order valence-electron chi connectivity index (χ3n) is 6.26. The van der Waals surface area contributed by atoms with Gasteiger partial charge in [-0.2, -0.15) is 0 Å². The van der Waals surface area contributed by atoms with Crippen LogP contribution < -0.4 is 0 Å². The molecule has 3 rings (SSSR count). The largest absolute Gasteiger partial charge is 0.373 e. The zero-order valence-corrected chi connectivity index (χ0v) is 18.0. The fraction of sp³-hybridized carbons (Fsp3) is 0.429. The molecule has 2 aromatic rings. The summed E-state index contributed by atoms with van der Waals surface area (Å²) in [6, 6.07) is 18.1. The van der Waals surface area contributed by atoms with Gasteiger partial charge in [0.05, 0.1) is 13.2 Å². The molecule has 0 unspecified atom stereocenters. The molecule has 0 saturated heterocycles. The number of unbranched alkanes of at least 4 members (excludes halogenated alkanes) is 1. The molecule has 0 spiro atoms. The van der Waals surface area contributed by atoms with Crippen LogP contribution in [0.4, 0.5) is 0 Å². The van der Waals surface area contributed by atoms with Crippen LogP contribution in [0.15, 0.2) is 73.3 Å². The normalized spacial score (nSPS) is 19.5. The highest BCUT2D eigenvalue weighted by atomic mass is 16.5. The maximum Gasteiger partial charge on any atom is 0.0721 e. The van der Waals surface area contributed by atoms with Crippen molar-refractivity contribution in [1.82, 2.24) is 0 Å². The minimum Gasteiger partial charge on any atom is -0.373 e. The van der Waals surface area contributed by atoms with E-state index in [-0.39, 0.29) is 0 Å². The molecular weight excluding hydrogens is 352 g/mol. The zero-order valence-electron chi connectivity index (χ0n) is 18.0. The molecule has 1 saturated carbocycles. The predicted molar refractivity (Wildman–Crippen MR) is 125 cm³/mol. The molecule has 1 fully saturated rings. The van der Waals surface area contributed by atoms with Crippen molar-refractivity contribution in [3.63, 3.8) is 0 Å². The summed E-state index contributed by atoms with van der Waals surface area (Å²) in [5.74, 6) is 1.68. The van der Waals surface area contributed by atoms with Crippen LogP contribution in [0.1, 0.15) is 68.9 Å². The highest BCUT2D eigenvalue weighted by molar-refractivity contribution is 5.64. The molecule has 1 heteroatoms. The minimum absolute atomic E-state index is 0.666. The molecule has 0 radical (unpaired) electrons. The van der Waals surface area contributed by atoms with Crippen LogP contribution in [0.2, 0.25) is 0 Å². The van der Waals surface area contributed by atoms with Crippen molar-refractivity contribution in [3.8, 4) is 11.1 Å². The fourth-order valence-electron chi connectivity index (χ4n) is 4.42. The van der Waals surface area contributed by atoms with Gasteiger partial charge in [0, 0.05) is 0 Å². The van der Waals surface area contributed by atoms with Gasteiger partial charge >= 0.3 is 0 Å². The zero-order chi connectivity index (χ0) is 20.3. The van der Waals surface area contributed by atoms with Gasteiger partial charge in [0.25, 0.3) is 0 Å². The van der Waals surface area contributed by atoms with Gasteiger partial charge in [-0.3, -0.25) is 0 Å². The van der Waals surface area contributed by atoms with Crippen molar-refractivity contribution in [3.05, 3.63) is 84.5 Å². The van der Waals surface area contributed by atoms with E-state index in [1.165, 1.54) is 67.2 Å². The number of benzene rings is 2. The van der Waals surface area contributed by atoms with Crippen LogP contribution >= 0.6 is 0 Å². The Hall–Kier alpha value is -2.12. The first kappa shape index (κ1) is 21.6. The first-order valence-corrected chi connectivity index (χ1v) is 11.3. The minimum atomic E-state index is 0.666. The molecule has 1 nitrogen and oxygen atoms in total. The topological polar surface area (TPSA) is 9.23 Å². The number of rotatable bonds is 10. The predicted octanol–water partition coefficient (Wildman–Crippen LogP) is 8.08. The van der Waals surface area contributed by atoms with Gasteiger partial charge in [0.2, 0.25) is 0 Å². The molecule has 2 aromatic carbocycles. The first-order valence-electron chi connectivity index (χ1n) is 11.3. The lowest BCUT2D eigenvalue weighted by Gasteiger charge is -2.29. The monoisotopic (exact) mass is 388 g/mol. The Balaban J connectivity index is 1.50. The van der Waals surface area contributed by atoms with Gasteiger partial charge in [-0.05, 0) is 79.5 Å². The molecular formula is C28H36O. The summed E-state index contributed by atoms with van der Waals surface area (Å²) < 4.78 is 5.63. The smallest absolute Gasteiger partial charge is 0.0721 e. The van der Waals surface area contributed by atoms with Crippen LogP contribution in [-0.4, -0.2) is 6.61 Å². The first-order chi connectivity index (χ1) is 14.3. The van der Waals surface area contributed by atoms with Gasteiger partial charge in [0.15, 0.2) is 0 Å². The standard InChI is InChI=1S/C28H36O/c1-3-5-7-8-23-9-13-25(14-10-23)27-17-19-28(20-18-27)26-15-11-24(12-16-26)22-29-21-6-4-2/h3-4,6,11-12,15-20,23,25H,1,5,7-10,13-14,21-22H2,2H3. The molecule has 0 aliphatic heterocycles. The molecule has 1 aliphatic rings. The highest BCUT2D eigenvalue weighted by Gasteiger charge is 2.21. The highest BCUT2D eigenvalue weighted by Crippen LogP contribution is 2.38. The molecule has 29 heavy (non-hydrogen) atoms. The molecule has 0 atom stereocenters. The quantitative estimate of drug-likeness (QED) is 0.295. The maximum absolute atomic E-state index is 5.63. The van der Waals surface area contributed by atoms with Gasteiger partial charge in [0.1, 0.15) is 0 Å². The second-order valence-corrected chi connectivity index (χ2v) is 8.34. The van der Waals surface area contributed by atoms with Crippen LogP contribution in [0, 0.1) is 5.92 Å². The summed E-state index contributed by atoms with van der Waals surface area (Å²) >= 11 is 0. The van der Waals surface area contributed by atoms with Crippen molar-refractivity contribution < 1.29 is 4.74 Å². The lowest BCUT2D eigenvalue weighted by atomic mass is 9.77. The second kappa shape index (κ2) is 11.8. The maximum atomic E-state index is 5.63. The van der Waals surface area contributed by atoms with E-state index in [0.29, 0.717) is 13.2 Å². The fourth-order valence-corrected chi connectivity index (χ4v) is 4.42. The van der Waals surface area contributed by atoms with E-state index in [0.717, 1.165) is 11.8 Å². The van der Waals surface area contributed by atoms with E-state index >= 15 is 0 Å². The Kier molecular flexibility index (Phi) is 8.77. The number of hydrogen-bond acceptors (Lipinski definition) is 1. The van der Waals surface area contributed by atoms with E-state index in [1.807, 2.05) is 19.1 Å². The molecule has 0 bridgehead atoms. The summed E-state index contributed by atoms with van der Waals surface area (Å²) in [5.41, 5.74) is 5.32. The third-order valence-corrected chi connectivity index (χ3v) is 6.26. The average Bonchev–Trinajstić information content (AvgIpc) is 2.78. The molecule has 0 N–H and O–H groups in total. The molecule has 0 heterocycles. The SMILES string of the molecule is C=CCCCC1CCC(c2ccc(-c3ccc(COCC=CC)cc3)cc2)CC1. The number of allylic oxidation sites excluding steroid dienone is 2.